The molecule has 2 rings (SSSR count). The maximum atomic E-state index is 11.0. The van der Waals surface area contributed by atoms with Crippen molar-refractivity contribution in [2.24, 2.45) is 5.73 Å². The summed E-state index contributed by atoms with van der Waals surface area (Å²) < 4.78 is 0. The lowest BCUT2D eigenvalue weighted by atomic mass is 9.64. The Kier molecular flexibility index (Phi) is 2.33. The fraction of sp³-hybridized carbons (Fsp3) is 0.364. The monoisotopic (exact) mass is 209 g/mol. The van der Waals surface area contributed by atoms with E-state index in [-0.39, 0.29) is 5.41 Å². The molecule has 1 aromatic carbocycles. The number of hydrogen-bond acceptors (Lipinski definition) is 2. The van der Waals surface area contributed by atoms with Gasteiger partial charge in [0, 0.05) is 29.8 Å². The number of carbonyl (C=O) groups is 1. The maximum Gasteiger partial charge on any atom is 0.134 e. The number of carbonyl (C=O) groups excluding carboxylic acids is 1. The molecule has 0 radical (unpaired) electrons. The first-order valence-corrected chi connectivity index (χ1v) is 5.02. The molecule has 1 aliphatic rings. The molecule has 1 aliphatic carbocycles. The summed E-state index contributed by atoms with van der Waals surface area (Å²) in [6, 6.07) is 7.61. The van der Waals surface area contributed by atoms with Crippen molar-refractivity contribution in [3.8, 4) is 0 Å². The Hall–Kier alpha value is -0.860. The Morgan fingerprint density at radius 1 is 1.29 bits per heavy atom. The molecule has 1 fully saturated rings. The zero-order valence-corrected chi connectivity index (χ0v) is 8.55. The molecule has 1 aromatic rings. The molecule has 0 saturated heterocycles. The van der Waals surface area contributed by atoms with Crippen molar-refractivity contribution in [3.05, 3.63) is 34.9 Å². The van der Waals surface area contributed by atoms with E-state index in [1.54, 1.807) is 0 Å². The van der Waals surface area contributed by atoms with Crippen LogP contribution in [0.15, 0.2) is 24.3 Å². The predicted molar refractivity (Wildman–Crippen MR) is 56.4 cm³/mol. The highest BCUT2D eigenvalue weighted by atomic mass is 35.5. The van der Waals surface area contributed by atoms with Crippen molar-refractivity contribution in [1.29, 1.82) is 0 Å². The maximum absolute atomic E-state index is 11.0. The van der Waals surface area contributed by atoms with Crippen LogP contribution in [0.25, 0.3) is 0 Å². The van der Waals surface area contributed by atoms with Gasteiger partial charge in [-0.25, -0.2) is 0 Å². The lowest BCUT2D eigenvalue weighted by Crippen LogP contribution is -2.47. The summed E-state index contributed by atoms with van der Waals surface area (Å²) in [7, 11) is 0. The number of Topliss-reactive ketones (excluding diaryl/α,β-unsaturated/α-hetero) is 1. The second-order valence-corrected chi connectivity index (χ2v) is 4.32. The molecule has 0 bridgehead atoms. The quantitative estimate of drug-likeness (QED) is 0.809. The molecule has 3 heteroatoms. The van der Waals surface area contributed by atoms with Gasteiger partial charge in [0.25, 0.3) is 0 Å². The van der Waals surface area contributed by atoms with Gasteiger partial charge < -0.3 is 5.73 Å². The summed E-state index contributed by atoms with van der Waals surface area (Å²) in [4.78, 5) is 11.0. The lowest BCUT2D eigenvalue weighted by Gasteiger charge is -2.39. The molecule has 0 heterocycles. The molecule has 0 atom stereocenters. The van der Waals surface area contributed by atoms with Gasteiger partial charge >= 0.3 is 0 Å². The molecule has 2 N–H and O–H groups in total. The lowest BCUT2D eigenvalue weighted by molar-refractivity contribution is -0.128. The van der Waals surface area contributed by atoms with E-state index < -0.39 is 0 Å². The third kappa shape index (κ3) is 1.45. The van der Waals surface area contributed by atoms with Crippen LogP contribution >= 0.6 is 11.6 Å². The average molecular weight is 210 g/mol. The van der Waals surface area contributed by atoms with Crippen LogP contribution in [0.4, 0.5) is 0 Å². The molecule has 0 unspecified atom stereocenters. The van der Waals surface area contributed by atoms with Crippen LogP contribution in [0.3, 0.4) is 0 Å². The van der Waals surface area contributed by atoms with Crippen LogP contribution in [-0.2, 0) is 10.2 Å². The highest BCUT2D eigenvalue weighted by Gasteiger charge is 2.43. The van der Waals surface area contributed by atoms with Gasteiger partial charge in [0.2, 0.25) is 0 Å². The largest absolute Gasteiger partial charge is 0.330 e. The van der Waals surface area contributed by atoms with E-state index in [1.807, 2.05) is 24.3 Å². The topological polar surface area (TPSA) is 43.1 Å². The minimum atomic E-state index is -0.109. The second-order valence-electron chi connectivity index (χ2n) is 3.88. The number of nitrogens with two attached hydrogens (primary N) is 1. The highest BCUT2D eigenvalue weighted by Crippen LogP contribution is 2.40. The Morgan fingerprint density at radius 3 is 2.29 bits per heavy atom. The van der Waals surface area contributed by atoms with Crippen molar-refractivity contribution >= 4 is 17.4 Å². The summed E-state index contributed by atoms with van der Waals surface area (Å²) in [5.41, 5.74) is 6.74. The minimum absolute atomic E-state index is 0.109. The molecule has 0 aliphatic heterocycles. The van der Waals surface area contributed by atoms with Gasteiger partial charge in [-0.2, -0.15) is 0 Å². The number of benzene rings is 1. The highest BCUT2D eigenvalue weighted by molar-refractivity contribution is 6.30. The van der Waals surface area contributed by atoms with Gasteiger partial charge in [0.15, 0.2) is 0 Å². The third-order valence-corrected chi connectivity index (χ3v) is 3.17. The fourth-order valence-electron chi connectivity index (χ4n) is 1.97. The summed E-state index contributed by atoms with van der Waals surface area (Å²) in [5.74, 6) is 0.297. The van der Waals surface area contributed by atoms with Crippen LogP contribution in [0, 0.1) is 0 Å². The summed E-state index contributed by atoms with van der Waals surface area (Å²) in [6.45, 7) is 0.528. The van der Waals surface area contributed by atoms with Crippen LogP contribution < -0.4 is 5.73 Å². The second kappa shape index (κ2) is 3.37. The first kappa shape index (κ1) is 9.69. The molecular weight excluding hydrogens is 198 g/mol. The Morgan fingerprint density at radius 2 is 1.86 bits per heavy atom. The van der Waals surface area contributed by atoms with Crippen molar-refractivity contribution < 1.29 is 4.79 Å². The van der Waals surface area contributed by atoms with Crippen molar-refractivity contribution in [2.75, 3.05) is 6.54 Å². The zero-order chi connectivity index (χ0) is 10.2. The van der Waals surface area contributed by atoms with Crippen LogP contribution in [-0.4, -0.2) is 12.3 Å². The van der Waals surface area contributed by atoms with Crippen LogP contribution in [0.1, 0.15) is 18.4 Å². The molecule has 1 saturated carbocycles. The summed E-state index contributed by atoms with van der Waals surface area (Å²) >= 11 is 5.80. The van der Waals surface area contributed by atoms with E-state index in [1.165, 1.54) is 0 Å². The van der Waals surface area contributed by atoms with Gasteiger partial charge in [-0.05, 0) is 17.7 Å². The summed E-state index contributed by atoms with van der Waals surface area (Å²) in [6.07, 6.45) is 1.15. The van der Waals surface area contributed by atoms with E-state index in [2.05, 4.69) is 0 Å². The Bertz CT molecular complexity index is 350. The average Bonchev–Trinajstić information content (AvgIpc) is 2.14. The number of hydrogen-bond donors (Lipinski definition) is 1. The molecule has 0 aromatic heterocycles. The first-order valence-electron chi connectivity index (χ1n) is 4.64. The number of halogens is 1. The smallest absolute Gasteiger partial charge is 0.134 e. The van der Waals surface area contributed by atoms with Gasteiger partial charge in [-0.1, -0.05) is 23.7 Å². The van der Waals surface area contributed by atoms with E-state index in [0.717, 1.165) is 5.56 Å². The Balaban J connectivity index is 2.29. The van der Waals surface area contributed by atoms with Gasteiger partial charge in [-0.3, -0.25) is 4.79 Å². The van der Waals surface area contributed by atoms with Crippen molar-refractivity contribution in [3.63, 3.8) is 0 Å². The van der Waals surface area contributed by atoms with Gasteiger partial charge in [0.05, 0.1) is 0 Å². The molecule has 74 valence electrons. The van der Waals surface area contributed by atoms with Crippen LogP contribution in [0.5, 0.6) is 0 Å². The van der Waals surface area contributed by atoms with Crippen LogP contribution in [0.2, 0.25) is 5.02 Å². The fourth-order valence-corrected chi connectivity index (χ4v) is 2.10. The first-order chi connectivity index (χ1) is 6.66. The molecule has 0 spiro atoms. The molecule has 2 nitrogen and oxygen atoms in total. The third-order valence-electron chi connectivity index (χ3n) is 2.92. The number of rotatable bonds is 2. The van der Waals surface area contributed by atoms with Crippen molar-refractivity contribution in [2.45, 2.75) is 18.3 Å². The van der Waals surface area contributed by atoms with Crippen molar-refractivity contribution in [1.82, 2.24) is 0 Å². The van der Waals surface area contributed by atoms with E-state index in [0.29, 0.717) is 30.2 Å². The molecular formula is C11H12ClNO. The van der Waals surface area contributed by atoms with Gasteiger partial charge in [-0.15, -0.1) is 0 Å². The zero-order valence-electron chi connectivity index (χ0n) is 7.79. The normalized spacial score (nSPS) is 19.1. The van der Waals surface area contributed by atoms with Gasteiger partial charge in [0.1, 0.15) is 5.78 Å². The van der Waals surface area contributed by atoms with E-state index in [9.17, 15) is 4.79 Å². The van der Waals surface area contributed by atoms with E-state index in [4.69, 9.17) is 17.3 Å². The number of ketones is 1. The summed E-state index contributed by atoms with van der Waals surface area (Å²) in [5, 5.41) is 0.714. The SMILES string of the molecule is NCC1(c2ccc(Cl)cc2)CC(=O)C1. The Labute approximate surface area is 88.1 Å². The minimum Gasteiger partial charge on any atom is -0.330 e. The molecule has 0 amide bonds. The molecule has 14 heavy (non-hydrogen) atoms. The van der Waals surface area contributed by atoms with E-state index >= 15 is 0 Å². The predicted octanol–water partition coefficient (Wildman–Crippen LogP) is 1.90. The standard InChI is InChI=1S/C11H12ClNO/c12-9-3-1-8(2-4-9)11(7-13)5-10(14)6-11/h1-4H,5-7,13H2.